The Morgan fingerprint density at radius 2 is 1.56 bits per heavy atom. The monoisotopic (exact) mass is 430 g/mol. The number of amides is 1. The number of nitrogens with one attached hydrogen (secondary N) is 1. The van der Waals surface area contributed by atoms with E-state index in [4.69, 9.17) is 4.84 Å². The van der Waals surface area contributed by atoms with Crippen LogP contribution < -0.4 is 5.32 Å². The van der Waals surface area contributed by atoms with E-state index in [2.05, 4.69) is 34.7 Å². The Morgan fingerprint density at radius 1 is 0.969 bits per heavy atom. The molecule has 166 valence electrons. The van der Waals surface area contributed by atoms with E-state index >= 15 is 0 Å². The molecule has 7 rings (SSSR count). The van der Waals surface area contributed by atoms with Crippen molar-refractivity contribution in [2.24, 2.45) is 22.9 Å². The normalized spacial score (nSPS) is 34.9. The maximum absolute atomic E-state index is 13.2. The Hall–Kier alpha value is -2.66. The lowest BCUT2D eigenvalue weighted by Crippen LogP contribution is -2.62. The van der Waals surface area contributed by atoms with Crippen LogP contribution in [0.25, 0.3) is 0 Å². The van der Waals surface area contributed by atoms with Crippen LogP contribution >= 0.6 is 0 Å². The molecule has 4 aliphatic carbocycles. The molecule has 2 N–H and O–H groups in total. The van der Waals surface area contributed by atoms with Crippen molar-refractivity contribution in [2.45, 2.75) is 62.2 Å². The van der Waals surface area contributed by atoms with Crippen molar-refractivity contribution in [2.75, 3.05) is 0 Å². The van der Waals surface area contributed by atoms with Gasteiger partial charge in [-0.15, -0.1) is 0 Å². The Bertz CT molecular complexity index is 966. The highest BCUT2D eigenvalue weighted by atomic mass is 16.6. The van der Waals surface area contributed by atoms with Gasteiger partial charge in [0.1, 0.15) is 0 Å². The Morgan fingerprint density at radius 3 is 2.12 bits per heavy atom. The fourth-order valence-corrected chi connectivity index (χ4v) is 7.05. The molecule has 32 heavy (non-hydrogen) atoms. The van der Waals surface area contributed by atoms with Crippen molar-refractivity contribution in [3.8, 4) is 0 Å². The number of oxime groups is 1. The summed E-state index contributed by atoms with van der Waals surface area (Å²) in [6.45, 7) is 0. The van der Waals surface area contributed by atoms with Crippen LogP contribution in [0.4, 0.5) is 0 Å². The molecular weight excluding hydrogens is 400 g/mol. The number of hydrogen-bond donors (Lipinski definition) is 2. The van der Waals surface area contributed by atoms with Crippen LogP contribution in [-0.4, -0.2) is 34.5 Å². The number of hydrogen-bond acceptors (Lipinski definition) is 4. The van der Waals surface area contributed by atoms with Crippen LogP contribution in [0.3, 0.4) is 0 Å². The van der Waals surface area contributed by atoms with Crippen LogP contribution in [0, 0.1) is 17.8 Å². The highest BCUT2D eigenvalue weighted by Gasteiger charge is 2.55. The highest BCUT2D eigenvalue weighted by Crippen LogP contribution is 2.55. The van der Waals surface area contributed by atoms with Gasteiger partial charge in [-0.1, -0.05) is 65.8 Å². The van der Waals surface area contributed by atoms with Crippen molar-refractivity contribution in [3.63, 3.8) is 0 Å². The van der Waals surface area contributed by atoms with Gasteiger partial charge >= 0.3 is 0 Å². The smallest absolute Gasteiger partial charge is 0.264 e. The third kappa shape index (κ3) is 3.53. The molecule has 4 fully saturated rings. The first-order chi connectivity index (χ1) is 15.6. The van der Waals surface area contributed by atoms with Crippen molar-refractivity contribution in [3.05, 3.63) is 71.8 Å². The van der Waals surface area contributed by atoms with Gasteiger partial charge in [-0.3, -0.25) is 4.79 Å². The summed E-state index contributed by atoms with van der Waals surface area (Å²) in [6, 6.07) is 20.7. The summed E-state index contributed by atoms with van der Waals surface area (Å²) in [5, 5.41) is 18.5. The number of benzene rings is 2. The molecule has 5 heteroatoms. The molecular formula is C27H30N2O3. The third-order valence-electron chi connectivity index (χ3n) is 8.13. The van der Waals surface area contributed by atoms with Gasteiger partial charge in [0.2, 0.25) is 6.10 Å². The maximum Gasteiger partial charge on any atom is 0.264 e. The second-order valence-corrected chi connectivity index (χ2v) is 10.4. The zero-order valence-corrected chi connectivity index (χ0v) is 18.2. The van der Waals surface area contributed by atoms with E-state index < -0.39 is 11.7 Å². The molecule has 4 bridgehead atoms. The second-order valence-electron chi connectivity index (χ2n) is 10.4. The molecule has 2 aromatic carbocycles. The first-order valence-electron chi connectivity index (χ1n) is 11.9. The quantitative estimate of drug-likeness (QED) is 0.753. The first kappa shape index (κ1) is 20.0. The van der Waals surface area contributed by atoms with Gasteiger partial charge in [0, 0.05) is 12.5 Å². The lowest BCUT2D eigenvalue weighted by atomic mass is 9.52. The highest BCUT2D eigenvalue weighted by molar-refractivity contribution is 5.98. The van der Waals surface area contributed by atoms with Crippen LogP contribution in [-0.2, 0) is 9.63 Å². The zero-order valence-electron chi connectivity index (χ0n) is 18.2. The lowest BCUT2D eigenvalue weighted by molar-refractivity contribution is -0.151. The van der Waals surface area contributed by atoms with Crippen LogP contribution in [0.1, 0.15) is 55.6 Å². The maximum atomic E-state index is 13.2. The lowest BCUT2D eigenvalue weighted by Gasteiger charge is -2.58. The molecule has 1 aliphatic heterocycles. The van der Waals surface area contributed by atoms with Crippen molar-refractivity contribution >= 4 is 11.6 Å². The van der Waals surface area contributed by atoms with E-state index in [0.29, 0.717) is 24.2 Å². The van der Waals surface area contributed by atoms with Crippen LogP contribution in [0.2, 0.25) is 0 Å². The molecule has 1 amide bonds. The molecule has 0 aromatic heterocycles. The molecule has 4 saturated carbocycles. The van der Waals surface area contributed by atoms with Crippen LogP contribution in [0.15, 0.2) is 65.8 Å². The minimum atomic E-state index is -0.583. The molecule has 0 spiro atoms. The molecule has 5 nitrogen and oxygen atoms in total. The van der Waals surface area contributed by atoms with E-state index in [1.54, 1.807) is 0 Å². The number of aliphatic hydroxyl groups is 1. The molecule has 1 heterocycles. The zero-order chi connectivity index (χ0) is 21.7. The summed E-state index contributed by atoms with van der Waals surface area (Å²) in [4.78, 5) is 18.9. The largest absolute Gasteiger partial charge is 0.390 e. The fourth-order valence-electron chi connectivity index (χ4n) is 7.05. The number of carbonyl (C=O) groups excluding carboxylic acids is 1. The second kappa shape index (κ2) is 7.73. The van der Waals surface area contributed by atoms with Crippen molar-refractivity contribution < 1.29 is 14.7 Å². The molecule has 3 unspecified atom stereocenters. The summed E-state index contributed by atoms with van der Waals surface area (Å²) in [7, 11) is 0. The Labute approximate surface area is 188 Å². The number of rotatable bonds is 5. The average molecular weight is 431 g/mol. The van der Waals surface area contributed by atoms with Gasteiger partial charge in [-0.2, -0.15) is 0 Å². The van der Waals surface area contributed by atoms with Gasteiger partial charge in [0.25, 0.3) is 5.91 Å². The van der Waals surface area contributed by atoms with Crippen molar-refractivity contribution in [1.82, 2.24) is 5.32 Å². The van der Waals surface area contributed by atoms with Gasteiger partial charge in [-0.05, 0) is 61.0 Å². The molecule has 3 atom stereocenters. The molecule has 0 radical (unpaired) electrons. The average Bonchev–Trinajstić information content (AvgIpc) is 3.27. The summed E-state index contributed by atoms with van der Waals surface area (Å²) < 4.78 is 0. The van der Waals surface area contributed by atoms with Gasteiger partial charge < -0.3 is 15.3 Å². The van der Waals surface area contributed by atoms with E-state index in [1.165, 1.54) is 0 Å². The van der Waals surface area contributed by atoms with Gasteiger partial charge in [0.05, 0.1) is 17.2 Å². The SMILES string of the molecule is O=C(NC1C2CC3CC1CC(O)(C3)C2)C1CC(C(c2ccccc2)c2ccccc2)=NO1. The molecule has 2 aromatic rings. The van der Waals surface area contributed by atoms with Gasteiger partial charge in [-0.25, -0.2) is 0 Å². The third-order valence-corrected chi connectivity index (χ3v) is 8.13. The number of nitrogens with zero attached hydrogens (tertiary/aromatic N) is 1. The summed E-state index contributed by atoms with van der Waals surface area (Å²) in [5.41, 5.74) is 2.70. The van der Waals surface area contributed by atoms with E-state index in [0.717, 1.165) is 48.9 Å². The van der Waals surface area contributed by atoms with Crippen molar-refractivity contribution in [1.29, 1.82) is 0 Å². The minimum Gasteiger partial charge on any atom is -0.390 e. The summed E-state index contributed by atoms with van der Waals surface area (Å²) >= 11 is 0. The summed E-state index contributed by atoms with van der Waals surface area (Å²) in [5.74, 6) is 1.32. The minimum absolute atomic E-state index is 0.0226. The van der Waals surface area contributed by atoms with Gasteiger partial charge in [0.15, 0.2) is 0 Å². The Balaban J connectivity index is 1.17. The first-order valence-corrected chi connectivity index (χ1v) is 11.9. The molecule has 5 aliphatic rings. The Kier molecular flexibility index (Phi) is 4.83. The summed E-state index contributed by atoms with van der Waals surface area (Å²) in [6.07, 6.45) is 4.76. The standard InChI is InChI=1S/C27H30N2O3/c30-26(28-25-20-11-17-12-21(25)16-27(31,14-17)15-20)23-13-22(29-32-23)24(18-7-3-1-4-8-18)19-9-5-2-6-10-19/h1-10,17,20-21,23-25,31H,11-16H2,(H,28,30). The topological polar surface area (TPSA) is 70.9 Å². The predicted octanol–water partition coefficient (Wildman–Crippen LogP) is 4.02. The van der Waals surface area contributed by atoms with E-state index in [-0.39, 0.29) is 17.9 Å². The number of carbonyl (C=O) groups is 1. The predicted molar refractivity (Wildman–Crippen MR) is 122 cm³/mol. The van der Waals surface area contributed by atoms with E-state index in [9.17, 15) is 9.90 Å². The fraction of sp³-hybridized carbons (Fsp3) is 0.481. The molecule has 0 saturated heterocycles. The van der Waals surface area contributed by atoms with E-state index in [1.807, 2.05) is 36.4 Å². The van der Waals surface area contributed by atoms with Crippen LogP contribution in [0.5, 0.6) is 0 Å².